The van der Waals surface area contributed by atoms with Gasteiger partial charge in [-0.2, -0.15) is 0 Å². The molecule has 1 unspecified atom stereocenters. The smallest absolute Gasteiger partial charge is 0.308 e. The van der Waals surface area contributed by atoms with Crippen LogP contribution in [0.3, 0.4) is 0 Å². The van der Waals surface area contributed by atoms with E-state index in [-0.39, 0.29) is 37.0 Å². The van der Waals surface area contributed by atoms with Crippen molar-refractivity contribution < 1.29 is 24.2 Å². The van der Waals surface area contributed by atoms with Gasteiger partial charge in [0.15, 0.2) is 11.5 Å². The van der Waals surface area contributed by atoms with Crippen molar-refractivity contribution in [1.29, 1.82) is 0 Å². The van der Waals surface area contributed by atoms with Crippen molar-refractivity contribution in [2.45, 2.75) is 89.5 Å². The third-order valence-electron chi connectivity index (χ3n) is 9.08. The highest BCUT2D eigenvalue weighted by atomic mass is 16.7. The first-order valence-electron chi connectivity index (χ1n) is 16.2. The van der Waals surface area contributed by atoms with E-state index in [0.717, 1.165) is 62.7 Å². The van der Waals surface area contributed by atoms with Gasteiger partial charge in [0.05, 0.1) is 12.5 Å². The molecule has 0 radical (unpaired) electrons. The van der Waals surface area contributed by atoms with Gasteiger partial charge in [-0.15, -0.1) is 0 Å². The van der Waals surface area contributed by atoms with Gasteiger partial charge in [0.2, 0.25) is 6.79 Å². The second-order valence-corrected chi connectivity index (χ2v) is 12.5. The van der Waals surface area contributed by atoms with Gasteiger partial charge in [-0.3, -0.25) is 14.5 Å². The Kier molecular flexibility index (Phi) is 12.8. The number of likely N-dealkylation sites (tertiary alicyclic amines) is 1. The average Bonchev–Trinajstić information content (AvgIpc) is 3.61. The summed E-state index contributed by atoms with van der Waals surface area (Å²) >= 11 is 0. The van der Waals surface area contributed by atoms with Crippen LogP contribution in [0.2, 0.25) is 0 Å². The number of fused-ring (bicyclic) bond motifs is 1. The highest BCUT2D eigenvalue weighted by Crippen LogP contribution is 2.43. The van der Waals surface area contributed by atoms with Crippen molar-refractivity contribution in [3.63, 3.8) is 0 Å². The summed E-state index contributed by atoms with van der Waals surface area (Å²) in [5.41, 5.74) is 1.79. The predicted molar refractivity (Wildman–Crippen MR) is 166 cm³/mol. The first kappa shape index (κ1) is 32.9. The van der Waals surface area contributed by atoms with Crippen LogP contribution < -0.4 is 9.47 Å². The van der Waals surface area contributed by atoms with Crippen LogP contribution in [0.25, 0.3) is 0 Å². The van der Waals surface area contributed by atoms with Gasteiger partial charge in [0.25, 0.3) is 0 Å². The normalized spacial score (nSPS) is 20.5. The van der Waals surface area contributed by atoms with E-state index in [1.54, 1.807) is 6.20 Å². The van der Waals surface area contributed by atoms with Crippen LogP contribution in [-0.2, 0) is 16.0 Å². The maximum absolute atomic E-state index is 13.9. The minimum atomic E-state index is -0.831. The summed E-state index contributed by atoms with van der Waals surface area (Å²) < 4.78 is 11.1. The zero-order valence-corrected chi connectivity index (χ0v) is 26.2. The predicted octanol–water partition coefficient (Wildman–Crippen LogP) is 5.58. The highest BCUT2D eigenvalue weighted by molar-refractivity contribution is 5.83. The number of hydrogen-bond donors (Lipinski definition) is 1. The number of aliphatic carboxylic acids is 1. The lowest BCUT2D eigenvalue weighted by molar-refractivity contribution is -0.143. The summed E-state index contributed by atoms with van der Waals surface area (Å²) in [7, 11) is 4.21. The number of ether oxygens (including phenoxy) is 2. The molecule has 3 heterocycles. The Morgan fingerprint density at radius 3 is 2.53 bits per heavy atom. The summed E-state index contributed by atoms with van der Waals surface area (Å²) in [6.07, 6.45) is 14.2. The third-order valence-corrected chi connectivity index (χ3v) is 9.08. The van der Waals surface area contributed by atoms with Crippen molar-refractivity contribution in [1.82, 2.24) is 19.8 Å². The highest BCUT2D eigenvalue weighted by Gasteiger charge is 2.47. The van der Waals surface area contributed by atoms with Crippen LogP contribution in [0.4, 0.5) is 0 Å². The Hall–Kier alpha value is -3.04. The summed E-state index contributed by atoms with van der Waals surface area (Å²) in [5.74, 6) is -0.131. The van der Waals surface area contributed by atoms with E-state index in [0.29, 0.717) is 30.9 Å². The topological polar surface area (TPSA) is 105 Å². The molecule has 236 valence electrons. The standard InChI is InChI=1S/C34H50N4O5/c1-4-5-8-11-25(12-9-6-7-10-19-37(2)3)30(39)22-38-21-28(26-13-16-31-32(20-26)43-24-42-31)33(34(40)41)29(38)15-14-27-17-18-35-23-36-27/h13,16-18,20,23,25,28-29,33H,4-12,14-15,19,21-22,24H2,1-3H3,(H,40,41)/t25?,28-,29+,33-/m1/s1. The summed E-state index contributed by atoms with van der Waals surface area (Å²) in [6.45, 7) is 4.26. The number of benzene rings is 1. The molecule has 0 amide bonds. The molecule has 43 heavy (non-hydrogen) atoms. The molecule has 2 aliphatic rings. The Morgan fingerprint density at radius 1 is 1.05 bits per heavy atom. The van der Waals surface area contributed by atoms with Crippen LogP contribution >= 0.6 is 0 Å². The van der Waals surface area contributed by atoms with Gasteiger partial charge in [-0.05, 0) is 76.5 Å². The van der Waals surface area contributed by atoms with E-state index in [2.05, 4.69) is 40.8 Å². The molecule has 0 spiro atoms. The molecule has 1 N–H and O–H groups in total. The van der Waals surface area contributed by atoms with Crippen molar-refractivity contribution in [3.8, 4) is 11.5 Å². The lowest BCUT2D eigenvalue weighted by Gasteiger charge is -2.28. The molecule has 2 aliphatic heterocycles. The number of unbranched alkanes of at least 4 members (excludes halogenated alkanes) is 5. The van der Waals surface area contributed by atoms with Gasteiger partial charge >= 0.3 is 5.97 Å². The van der Waals surface area contributed by atoms with Gasteiger partial charge in [0, 0.05) is 36.3 Å². The van der Waals surface area contributed by atoms with Crippen molar-refractivity contribution in [2.24, 2.45) is 11.8 Å². The molecule has 0 aliphatic carbocycles. The number of Topliss-reactive ketones (excluding diaryl/α,β-unsaturated/α-hetero) is 1. The van der Waals surface area contributed by atoms with Crippen LogP contribution in [-0.4, -0.2) is 83.2 Å². The van der Waals surface area contributed by atoms with E-state index in [4.69, 9.17) is 9.47 Å². The molecule has 1 aromatic carbocycles. The third kappa shape index (κ3) is 9.47. The van der Waals surface area contributed by atoms with Gasteiger partial charge in [-0.25, -0.2) is 9.97 Å². The fourth-order valence-corrected chi connectivity index (χ4v) is 6.70. The molecule has 2 aromatic rings. The minimum absolute atomic E-state index is 0.0239. The molecule has 9 heteroatoms. The Balaban J connectivity index is 1.50. The fourth-order valence-electron chi connectivity index (χ4n) is 6.70. The molecular formula is C34H50N4O5. The molecule has 0 saturated carbocycles. The molecule has 1 fully saturated rings. The Morgan fingerprint density at radius 2 is 1.81 bits per heavy atom. The largest absolute Gasteiger partial charge is 0.481 e. The second kappa shape index (κ2) is 16.7. The number of carbonyl (C=O) groups is 2. The average molecular weight is 595 g/mol. The number of nitrogens with zero attached hydrogens (tertiary/aromatic N) is 4. The van der Waals surface area contributed by atoms with E-state index in [1.165, 1.54) is 19.2 Å². The quantitative estimate of drug-likeness (QED) is 0.209. The van der Waals surface area contributed by atoms with Gasteiger partial charge in [0.1, 0.15) is 12.1 Å². The zero-order valence-electron chi connectivity index (χ0n) is 26.2. The van der Waals surface area contributed by atoms with E-state index >= 15 is 0 Å². The molecule has 1 aromatic heterocycles. The van der Waals surface area contributed by atoms with Gasteiger partial charge in [-0.1, -0.05) is 51.5 Å². The number of aromatic nitrogens is 2. The molecule has 0 bridgehead atoms. The number of rotatable bonds is 19. The van der Waals surface area contributed by atoms with Crippen LogP contribution in [0, 0.1) is 11.8 Å². The maximum atomic E-state index is 13.9. The molecule has 4 atom stereocenters. The van der Waals surface area contributed by atoms with E-state index in [1.807, 2.05) is 24.3 Å². The van der Waals surface area contributed by atoms with Crippen molar-refractivity contribution >= 4 is 11.8 Å². The zero-order chi connectivity index (χ0) is 30.6. The first-order valence-corrected chi connectivity index (χ1v) is 16.2. The van der Waals surface area contributed by atoms with Crippen LogP contribution in [0.1, 0.15) is 88.3 Å². The van der Waals surface area contributed by atoms with Crippen LogP contribution in [0.15, 0.2) is 36.8 Å². The molecule has 1 saturated heterocycles. The molecule has 9 nitrogen and oxygen atoms in total. The van der Waals surface area contributed by atoms with E-state index < -0.39 is 11.9 Å². The molecule has 4 rings (SSSR count). The van der Waals surface area contributed by atoms with Crippen LogP contribution in [0.5, 0.6) is 11.5 Å². The lowest BCUT2D eigenvalue weighted by atomic mass is 9.83. The number of ketones is 1. The Labute approximate surface area is 257 Å². The molecular weight excluding hydrogens is 544 g/mol. The number of carboxylic acids is 1. The number of carboxylic acid groups (broad SMARTS) is 1. The van der Waals surface area contributed by atoms with Gasteiger partial charge < -0.3 is 19.5 Å². The second-order valence-electron chi connectivity index (χ2n) is 12.5. The van der Waals surface area contributed by atoms with Crippen molar-refractivity contribution in [2.75, 3.05) is 40.5 Å². The van der Waals surface area contributed by atoms with Crippen molar-refractivity contribution in [3.05, 3.63) is 48.0 Å². The first-order chi connectivity index (χ1) is 20.9. The number of hydrogen-bond acceptors (Lipinski definition) is 8. The number of aryl methyl sites for hydroxylation is 1. The summed E-state index contributed by atoms with van der Waals surface area (Å²) in [5, 5.41) is 10.5. The minimum Gasteiger partial charge on any atom is -0.481 e. The SMILES string of the molecule is CCCCCC(CCCCCCN(C)C)C(=O)CN1C[C@H](c2ccc3c(c2)OCO3)[C@@H](C(=O)O)[C@@H]1CCc1ccncn1. The monoisotopic (exact) mass is 594 g/mol. The number of carbonyl (C=O) groups excluding carboxylic acids is 1. The lowest BCUT2D eigenvalue weighted by Crippen LogP contribution is -2.40. The Bertz CT molecular complexity index is 1160. The van der Waals surface area contributed by atoms with E-state index in [9.17, 15) is 14.7 Å². The fraction of sp³-hybridized carbons (Fsp3) is 0.647. The summed E-state index contributed by atoms with van der Waals surface area (Å²) in [6, 6.07) is 7.32. The maximum Gasteiger partial charge on any atom is 0.308 e. The summed E-state index contributed by atoms with van der Waals surface area (Å²) in [4.78, 5) is 39.6.